The van der Waals surface area contributed by atoms with Crippen molar-refractivity contribution in [3.63, 3.8) is 0 Å². The van der Waals surface area contributed by atoms with Crippen LogP contribution in [0.4, 0.5) is 0 Å². The van der Waals surface area contributed by atoms with Gasteiger partial charge in [0.2, 0.25) is 0 Å². The normalized spacial score (nSPS) is 12.2. The Morgan fingerprint density at radius 1 is 0.905 bits per heavy atom. The van der Waals surface area contributed by atoms with Crippen LogP contribution >= 0.6 is 27.3 Å². The highest BCUT2D eigenvalue weighted by Gasteiger charge is 2.20. The number of hydrogen-bond acceptors (Lipinski definition) is 2. The number of hydrogen-bond donors (Lipinski definition) is 0. The molecule has 0 radical (unpaired) electrons. The van der Waals surface area contributed by atoms with Crippen LogP contribution in [0.25, 0.3) is 37.3 Å². The average Bonchev–Trinajstić information content (AvgIpc) is 3.03. The third kappa shape index (κ3) is 1.30. The van der Waals surface area contributed by atoms with Crippen molar-refractivity contribution < 1.29 is 0 Å². The van der Waals surface area contributed by atoms with Crippen LogP contribution in [-0.4, -0.2) is 4.40 Å². The molecule has 0 aliphatic rings. The highest BCUT2D eigenvalue weighted by Crippen LogP contribution is 2.44. The Kier molecular flexibility index (Phi) is 2.14. The molecule has 0 aliphatic carbocycles. The lowest BCUT2D eigenvalue weighted by molar-refractivity contribution is 1.21. The number of halogens is 1. The molecular weight excluding hydrogens is 346 g/mol. The molecule has 0 atom stereocenters. The van der Waals surface area contributed by atoms with Crippen LogP contribution in [0.2, 0.25) is 0 Å². The standard InChI is InChI=1S/C17H8BrNOS/c18-16-13-11-7-3-4-8-12(11)19-14(13)15(21-16)9-5-1-2-6-10(9)17(19)20/h1-8H. The van der Waals surface area contributed by atoms with E-state index in [1.165, 1.54) is 4.70 Å². The second-order valence-electron chi connectivity index (χ2n) is 5.13. The smallest absolute Gasteiger partial charge is 0.263 e. The van der Waals surface area contributed by atoms with E-state index in [2.05, 4.69) is 22.0 Å². The van der Waals surface area contributed by atoms with E-state index < -0.39 is 0 Å². The van der Waals surface area contributed by atoms with Crippen molar-refractivity contribution in [1.29, 1.82) is 0 Å². The predicted molar refractivity (Wildman–Crippen MR) is 92.9 cm³/mol. The van der Waals surface area contributed by atoms with E-state index in [0.29, 0.717) is 0 Å². The SMILES string of the molecule is O=c1c2ccccc2c2sc(Br)c3c4ccccc4n1c23. The molecule has 0 bridgehead atoms. The fourth-order valence-electron chi connectivity index (χ4n) is 3.22. The van der Waals surface area contributed by atoms with Crippen LogP contribution < -0.4 is 5.56 Å². The summed E-state index contributed by atoms with van der Waals surface area (Å²) in [7, 11) is 0. The molecule has 0 N–H and O–H groups in total. The van der Waals surface area contributed by atoms with Crippen molar-refractivity contribution in [3.05, 3.63) is 62.7 Å². The Bertz CT molecular complexity index is 1220. The van der Waals surface area contributed by atoms with Crippen LogP contribution in [0.1, 0.15) is 0 Å². The van der Waals surface area contributed by atoms with Gasteiger partial charge in [-0.25, -0.2) is 0 Å². The number of fused-ring (bicyclic) bond motifs is 5. The number of para-hydroxylation sites is 1. The number of rotatable bonds is 0. The second kappa shape index (κ2) is 3.84. The molecule has 0 amide bonds. The second-order valence-corrected chi connectivity index (χ2v) is 7.47. The molecule has 3 aromatic heterocycles. The molecule has 0 saturated heterocycles. The van der Waals surface area contributed by atoms with Gasteiger partial charge >= 0.3 is 0 Å². The third-order valence-electron chi connectivity index (χ3n) is 4.08. The van der Waals surface area contributed by atoms with Gasteiger partial charge in [0.1, 0.15) is 0 Å². The van der Waals surface area contributed by atoms with Gasteiger partial charge in [-0.05, 0) is 28.1 Å². The predicted octanol–water partition coefficient (Wildman–Crippen LogP) is 5.02. The lowest BCUT2D eigenvalue weighted by Gasteiger charge is -2.02. The van der Waals surface area contributed by atoms with Gasteiger partial charge < -0.3 is 0 Å². The van der Waals surface area contributed by atoms with Crippen molar-refractivity contribution in [1.82, 2.24) is 4.40 Å². The highest BCUT2D eigenvalue weighted by atomic mass is 79.9. The quantitative estimate of drug-likeness (QED) is 0.383. The summed E-state index contributed by atoms with van der Waals surface area (Å²) >= 11 is 5.39. The minimum atomic E-state index is 0.0644. The fourth-order valence-corrected chi connectivity index (χ4v) is 5.18. The molecule has 3 heterocycles. The van der Waals surface area contributed by atoms with E-state index in [1.807, 2.05) is 46.9 Å². The summed E-state index contributed by atoms with van der Waals surface area (Å²) in [5.41, 5.74) is 2.09. The molecule has 2 nitrogen and oxygen atoms in total. The maximum absolute atomic E-state index is 12.9. The van der Waals surface area contributed by atoms with Gasteiger partial charge in [-0.3, -0.25) is 9.20 Å². The lowest BCUT2D eigenvalue weighted by Crippen LogP contribution is -2.12. The van der Waals surface area contributed by atoms with Crippen LogP contribution in [0, 0.1) is 0 Å². The number of aromatic nitrogens is 1. The summed E-state index contributed by atoms with van der Waals surface area (Å²) in [6, 6.07) is 16.0. The Morgan fingerprint density at radius 2 is 1.57 bits per heavy atom. The van der Waals surface area contributed by atoms with Gasteiger partial charge in [-0.15, -0.1) is 11.3 Å². The fraction of sp³-hybridized carbons (Fsp3) is 0. The van der Waals surface area contributed by atoms with Crippen molar-refractivity contribution in [2.24, 2.45) is 0 Å². The Morgan fingerprint density at radius 3 is 2.38 bits per heavy atom. The summed E-state index contributed by atoms with van der Waals surface area (Å²) in [5.74, 6) is 0. The van der Waals surface area contributed by atoms with Crippen LogP contribution in [0.3, 0.4) is 0 Å². The molecule has 0 fully saturated rings. The summed E-state index contributed by atoms with van der Waals surface area (Å²) in [5, 5.41) is 4.09. The summed E-state index contributed by atoms with van der Waals surface area (Å²) in [4.78, 5) is 12.9. The van der Waals surface area contributed by atoms with Gasteiger partial charge in [0.15, 0.2) is 0 Å². The van der Waals surface area contributed by atoms with E-state index >= 15 is 0 Å². The van der Waals surface area contributed by atoms with Crippen molar-refractivity contribution >= 4 is 64.5 Å². The van der Waals surface area contributed by atoms with Crippen molar-refractivity contribution in [3.8, 4) is 0 Å². The molecule has 5 rings (SSSR count). The van der Waals surface area contributed by atoms with Crippen LogP contribution in [0.5, 0.6) is 0 Å². The number of nitrogens with zero attached hydrogens (tertiary/aromatic N) is 1. The minimum absolute atomic E-state index is 0.0644. The van der Waals surface area contributed by atoms with Gasteiger partial charge in [-0.1, -0.05) is 36.4 Å². The summed E-state index contributed by atoms with van der Waals surface area (Å²) in [6.07, 6.45) is 0. The largest absolute Gasteiger partial charge is 0.274 e. The molecule has 0 saturated carbocycles. The van der Waals surface area contributed by atoms with Crippen LogP contribution in [-0.2, 0) is 0 Å². The molecule has 0 aliphatic heterocycles. The molecular formula is C17H8BrNOS. The topological polar surface area (TPSA) is 21.5 Å². The van der Waals surface area contributed by atoms with Crippen molar-refractivity contribution in [2.45, 2.75) is 0 Å². The Labute approximate surface area is 131 Å². The molecule has 21 heavy (non-hydrogen) atoms. The first-order valence-corrected chi connectivity index (χ1v) is 8.24. The third-order valence-corrected chi connectivity index (χ3v) is 5.97. The number of benzene rings is 2. The molecule has 0 unspecified atom stereocenters. The molecule has 4 heteroatoms. The van der Waals surface area contributed by atoms with E-state index in [4.69, 9.17) is 0 Å². The van der Waals surface area contributed by atoms with Gasteiger partial charge in [0, 0.05) is 21.5 Å². The van der Waals surface area contributed by atoms with Gasteiger partial charge in [-0.2, -0.15) is 0 Å². The maximum Gasteiger partial charge on any atom is 0.263 e. The maximum atomic E-state index is 12.9. The summed E-state index contributed by atoms with van der Waals surface area (Å²) in [6.45, 7) is 0. The van der Waals surface area contributed by atoms with Crippen LogP contribution in [0.15, 0.2) is 57.1 Å². The first-order valence-electron chi connectivity index (χ1n) is 6.63. The Balaban J connectivity index is 2.33. The highest BCUT2D eigenvalue weighted by molar-refractivity contribution is 9.11. The van der Waals surface area contributed by atoms with Crippen molar-refractivity contribution in [2.75, 3.05) is 0 Å². The summed E-state index contributed by atoms with van der Waals surface area (Å²) < 4.78 is 4.12. The first kappa shape index (κ1) is 11.7. The molecule has 5 aromatic rings. The van der Waals surface area contributed by atoms with Gasteiger partial charge in [0.05, 0.1) is 19.5 Å². The monoisotopic (exact) mass is 353 g/mol. The van der Waals surface area contributed by atoms with E-state index in [1.54, 1.807) is 11.3 Å². The number of thiophene rings is 1. The van der Waals surface area contributed by atoms with E-state index in [9.17, 15) is 4.79 Å². The lowest BCUT2D eigenvalue weighted by atomic mass is 10.1. The van der Waals surface area contributed by atoms with Gasteiger partial charge in [0.25, 0.3) is 5.56 Å². The number of pyridine rings is 1. The minimum Gasteiger partial charge on any atom is -0.274 e. The average molecular weight is 354 g/mol. The first-order chi connectivity index (χ1) is 10.3. The molecule has 100 valence electrons. The Hall–Kier alpha value is -1.91. The molecule has 2 aromatic carbocycles. The zero-order valence-corrected chi connectivity index (χ0v) is 13.2. The van der Waals surface area contributed by atoms with E-state index in [-0.39, 0.29) is 5.56 Å². The van der Waals surface area contributed by atoms with E-state index in [0.717, 1.165) is 36.4 Å². The zero-order chi connectivity index (χ0) is 14.1. The zero-order valence-electron chi connectivity index (χ0n) is 10.8. The molecule has 0 spiro atoms.